The van der Waals surface area contributed by atoms with Crippen molar-refractivity contribution in [2.24, 2.45) is 0 Å². The van der Waals surface area contributed by atoms with Crippen LogP contribution in [-0.2, 0) is 13.0 Å². The van der Waals surface area contributed by atoms with Crippen LogP contribution in [0.4, 0.5) is 0 Å². The predicted octanol–water partition coefficient (Wildman–Crippen LogP) is 2.21. The van der Waals surface area contributed by atoms with Gasteiger partial charge in [0.25, 0.3) is 0 Å². The van der Waals surface area contributed by atoms with Gasteiger partial charge in [0.2, 0.25) is 0 Å². The van der Waals surface area contributed by atoms with Crippen LogP contribution >= 0.6 is 0 Å². The number of methoxy groups -OCH3 is 1. The Kier molecular flexibility index (Phi) is 2.14. The highest BCUT2D eigenvalue weighted by atomic mass is 16.5. The number of nitrogens with one attached hydrogen (secondary N) is 2. The molecule has 2 heterocycles. The van der Waals surface area contributed by atoms with Crippen LogP contribution < -0.4 is 10.1 Å². The lowest BCUT2D eigenvalue weighted by atomic mass is 10.0. The van der Waals surface area contributed by atoms with Crippen molar-refractivity contribution in [3.05, 3.63) is 29.5 Å². The van der Waals surface area contributed by atoms with Gasteiger partial charge in [0.1, 0.15) is 5.75 Å². The van der Waals surface area contributed by atoms with Crippen LogP contribution in [0.3, 0.4) is 0 Å². The zero-order valence-electron chi connectivity index (χ0n) is 9.63. The van der Waals surface area contributed by atoms with Crippen LogP contribution in [0, 0.1) is 0 Å². The van der Waals surface area contributed by atoms with E-state index < -0.39 is 0 Å². The molecule has 1 aliphatic heterocycles. The average Bonchev–Trinajstić information content (AvgIpc) is 2.65. The van der Waals surface area contributed by atoms with Crippen LogP contribution in [0.5, 0.6) is 5.75 Å². The van der Waals surface area contributed by atoms with E-state index in [4.69, 9.17) is 4.74 Å². The molecular formula is C13H16N2O. The fourth-order valence-corrected chi connectivity index (χ4v) is 2.50. The molecule has 1 aromatic carbocycles. The molecule has 3 heteroatoms. The zero-order chi connectivity index (χ0) is 11.1. The van der Waals surface area contributed by atoms with Crippen molar-refractivity contribution >= 4 is 10.9 Å². The summed E-state index contributed by atoms with van der Waals surface area (Å²) in [4.78, 5) is 3.50. The molecule has 0 spiro atoms. The maximum absolute atomic E-state index is 5.38. The number of aromatic amines is 1. The number of benzene rings is 1. The van der Waals surface area contributed by atoms with Gasteiger partial charge in [-0.05, 0) is 18.6 Å². The van der Waals surface area contributed by atoms with E-state index in [1.54, 1.807) is 7.11 Å². The summed E-state index contributed by atoms with van der Waals surface area (Å²) < 4.78 is 5.38. The number of H-pyrrole nitrogens is 1. The first kappa shape index (κ1) is 9.73. The van der Waals surface area contributed by atoms with Gasteiger partial charge in [0.15, 0.2) is 0 Å². The van der Waals surface area contributed by atoms with E-state index in [1.165, 1.54) is 16.6 Å². The molecule has 1 aliphatic rings. The molecule has 1 unspecified atom stereocenters. The summed E-state index contributed by atoms with van der Waals surface area (Å²) >= 11 is 0. The number of ether oxygens (including phenoxy) is 1. The summed E-state index contributed by atoms with van der Waals surface area (Å²) in [6, 6.07) is 6.76. The molecule has 0 saturated carbocycles. The number of hydrogen-bond acceptors (Lipinski definition) is 2. The Labute approximate surface area is 94.8 Å². The van der Waals surface area contributed by atoms with Gasteiger partial charge in [-0.1, -0.05) is 12.1 Å². The smallest absolute Gasteiger partial charge is 0.142 e. The summed E-state index contributed by atoms with van der Waals surface area (Å²) in [6.45, 7) is 3.16. The molecule has 2 N–H and O–H groups in total. The highest BCUT2D eigenvalue weighted by molar-refractivity contribution is 5.89. The van der Waals surface area contributed by atoms with Gasteiger partial charge in [-0.15, -0.1) is 0 Å². The lowest BCUT2D eigenvalue weighted by molar-refractivity contribution is 0.419. The van der Waals surface area contributed by atoms with Crippen molar-refractivity contribution in [2.45, 2.75) is 25.9 Å². The minimum atomic E-state index is 0.548. The first-order valence-electron chi connectivity index (χ1n) is 5.69. The Morgan fingerprint density at radius 3 is 3.06 bits per heavy atom. The van der Waals surface area contributed by atoms with Gasteiger partial charge in [-0.2, -0.15) is 0 Å². The molecule has 3 nitrogen and oxygen atoms in total. The minimum absolute atomic E-state index is 0.548. The van der Waals surface area contributed by atoms with Crippen molar-refractivity contribution in [1.82, 2.24) is 10.3 Å². The quantitative estimate of drug-likeness (QED) is 0.767. The second-order valence-corrected chi connectivity index (χ2v) is 4.45. The number of hydrogen-bond donors (Lipinski definition) is 2. The van der Waals surface area contributed by atoms with Crippen molar-refractivity contribution in [3.63, 3.8) is 0 Å². The molecule has 2 aromatic rings. The maximum Gasteiger partial charge on any atom is 0.142 e. The Morgan fingerprint density at radius 1 is 1.38 bits per heavy atom. The molecule has 0 bridgehead atoms. The number of rotatable bonds is 1. The van der Waals surface area contributed by atoms with Crippen LogP contribution in [0.15, 0.2) is 18.2 Å². The van der Waals surface area contributed by atoms with Crippen molar-refractivity contribution in [2.75, 3.05) is 7.11 Å². The molecule has 84 valence electrons. The molecule has 16 heavy (non-hydrogen) atoms. The molecule has 0 amide bonds. The lowest BCUT2D eigenvalue weighted by Crippen LogP contribution is -2.32. The Morgan fingerprint density at radius 2 is 2.25 bits per heavy atom. The van der Waals surface area contributed by atoms with Crippen molar-refractivity contribution < 1.29 is 4.74 Å². The van der Waals surface area contributed by atoms with E-state index in [0.29, 0.717) is 6.04 Å². The number of fused-ring (bicyclic) bond motifs is 3. The third kappa shape index (κ3) is 1.32. The molecule has 1 aromatic heterocycles. The Bertz CT molecular complexity index is 530. The van der Waals surface area contributed by atoms with E-state index in [0.717, 1.165) is 24.2 Å². The van der Waals surface area contributed by atoms with E-state index in [1.807, 2.05) is 12.1 Å². The summed E-state index contributed by atoms with van der Waals surface area (Å²) in [5.41, 5.74) is 3.88. The molecular weight excluding hydrogens is 200 g/mol. The van der Waals surface area contributed by atoms with Gasteiger partial charge in [-0.3, -0.25) is 0 Å². The van der Waals surface area contributed by atoms with E-state index in [9.17, 15) is 0 Å². The van der Waals surface area contributed by atoms with Crippen molar-refractivity contribution in [3.8, 4) is 5.75 Å². The van der Waals surface area contributed by atoms with Crippen LogP contribution in [0.1, 0.15) is 18.2 Å². The molecule has 0 fully saturated rings. The highest BCUT2D eigenvalue weighted by Crippen LogP contribution is 2.31. The Hall–Kier alpha value is -1.48. The van der Waals surface area contributed by atoms with Crippen molar-refractivity contribution in [1.29, 1.82) is 0 Å². The highest BCUT2D eigenvalue weighted by Gasteiger charge is 2.20. The maximum atomic E-state index is 5.38. The monoisotopic (exact) mass is 216 g/mol. The van der Waals surface area contributed by atoms with Gasteiger partial charge in [0, 0.05) is 30.1 Å². The number of aromatic nitrogens is 1. The van der Waals surface area contributed by atoms with Gasteiger partial charge >= 0.3 is 0 Å². The SMILES string of the molecule is COc1cccc2c3c([nH]c12)CC(C)NC3. The summed E-state index contributed by atoms with van der Waals surface area (Å²) in [7, 11) is 1.72. The second kappa shape index (κ2) is 3.52. The fraction of sp³-hybridized carbons (Fsp3) is 0.385. The number of para-hydroxylation sites is 1. The summed E-state index contributed by atoms with van der Waals surface area (Å²) in [6.07, 6.45) is 1.06. The lowest BCUT2D eigenvalue weighted by Gasteiger charge is -2.20. The van der Waals surface area contributed by atoms with E-state index in [2.05, 4.69) is 23.3 Å². The molecule has 1 atom stereocenters. The average molecular weight is 216 g/mol. The van der Waals surface area contributed by atoms with Gasteiger partial charge < -0.3 is 15.0 Å². The summed E-state index contributed by atoms with van der Waals surface area (Å²) in [5.74, 6) is 0.930. The van der Waals surface area contributed by atoms with Gasteiger partial charge in [-0.25, -0.2) is 0 Å². The summed E-state index contributed by atoms with van der Waals surface area (Å²) in [5, 5.41) is 4.78. The normalized spacial score (nSPS) is 19.8. The van der Waals surface area contributed by atoms with E-state index in [-0.39, 0.29) is 0 Å². The van der Waals surface area contributed by atoms with Crippen LogP contribution in [-0.4, -0.2) is 18.1 Å². The third-order valence-electron chi connectivity index (χ3n) is 3.35. The Balaban J connectivity index is 2.24. The first-order valence-corrected chi connectivity index (χ1v) is 5.69. The largest absolute Gasteiger partial charge is 0.495 e. The van der Waals surface area contributed by atoms with E-state index >= 15 is 0 Å². The van der Waals surface area contributed by atoms with Crippen LogP contribution in [0.2, 0.25) is 0 Å². The standard InChI is InChI=1S/C13H16N2O/c1-8-6-11-10(7-14-8)9-4-3-5-12(16-2)13(9)15-11/h3-5,8,14-15H,6-7H2,1-2H3. The molecule has 0 saturated heterocycles. The predicted molar refractivity (Wildman–Crippen MR) is 64.9 cm³/mol. The van der Waals surface area contributed by atoms with Gasteiger partial charge in [0.05, 0.1) is 12.6 Å². The first-order chi connectivity index (χ1) is 7.79. The fourth-order valence-electron chi connectivity index (χ4n) is 2.50. The second-order valence-electron chi connectivity index (χ2n) is 4.45. The molecule has 0 aliphatic carbocycles. The van der Waals surface area contributed by atoms with Crippen LogP contribution in [0.25, 0.3) is 10.9 Å². The molecule has 3 rings (SSSR count). The molecule has 0 radical (unpaired) electrons. The minimum Gasteiger partial charge on any atom is -0.495 e. The third-order valence-corrected chi connectivity index (χ3v) is 3.35. The zero-order valence-corrected chi connectivity index (χ0v) is 9.63. The topological polar surface area (TPSA) is 37.0 Å².